The number of benzene rings is 3. The van der Waals surface area contributed by atoms with Crippen LogP contribution in [0.3, 0.4) is 0 Å². The van der Waals surface area contributed by atoms with Gasteiger partial charge in [0.15, 0.2) is 0 Å². The van der Waals surface area contributed by atoms with Crippen molar-refractivity contribution in [1.82, 2.24) is 0 Å². The van der Waals surface area contributed by atoms with Crippen LogP contribution in [0.5, 0.6) is 5.75 Å². The molecule has 1 aliphatic rings. The lowest BCUT2D eigenvalue weighted by molar-refractivity contribution is -0.385. The molecule has 3 aromatic rings. The van der Waals surface area contributed by atoms with E-state index in [1.54, 1.807) is 4.90 Å². The number of rotatable bonds is 5. The molecule has 4 rings (SSSR count). The molecule has 0 radical (unpaired) electrons. The summed E-state index contributed by atoms with van der Waals surface area (Å²) in [5.41, 5.74) is 2.02. The van der Waals surface area contributed by atoms with Crippen molar-refractivity contribution in [2.75, 3.05) is 11.4 Å². The van der Waals surface area contributed by atoms with E-state index >= 15 is 0 Å². The van der Waals surface area contributed by atoms with Crippen molar-refractivity contribution < 1.29 is 22.3 Å². The highest BCUT2D eigenvalue weighted by Gasteiger charge is 2.25. The van der Waals surface area contributed by atoms with Crippen molar-refractivity contribution >= 4 is 27.4 Å². The van der Waals surface area contributed by atoms with Gasteiger partial charge in [-0.3, -0.25) is 14.9 Å². The van der Waals surface area contributed by atoms with Crippen molar-refractivity contribution in [3.63, 3.8) is 0 Å². The van der Waals surface area contributed by atoms with Crippen LogP contribution in [-0.4, -0.2) is 25.8 Å². The van der Waals surface area contributed by atoms with Gasteiger partial charge >= 0.3 is 10.1 Å². The summed E-state index contributed by atoms with van der Waals surface area (Å²) < 4.78 is 29.9. The fraction of sp³-hybridized carbons (Fsp3) is 0.0952. The largest absolute Gasteiger partial charge is 0.379 e. The molecule has 152 valence electrons. The van der Waals surface area contributed by atoms with Crippen LogP contribution in [0.25, 0.3) is 0 Å². The Balaban J connectivity index is 1.52. The molecule has 3 aromatic carbocycles. The van der Waals surface area contributed by atoms with Crippen LogP contribution in [0, 0.1) is 10.1 Å². The fourth-order valence-corrected chi connectivity index (χ4v) is 4.26. The lowest BCUT2D eigenvalue weighted by Crippen LogP contribution is -2.28. The van der Waals surface area contributed by atoms with Crippen molar-refractivity contribution in [3.8, 4) is 5.75 Å². The Kier molecular flexibility index (Phi) is 4.96. The van der Waals surface area contributed by atoms with E-state index in [-0.39, 0.29) is 22.2 Å². The average molecular weight is 424 g/mol. The number of hydrogen-bond acceptors (Lipinski definition) is 6. The molecule has 1 amide bonds. The second kappa shape index (κ2) is 7.60. The first kappa shape index (κ1) is 19.6. The molecule has 0 spiro atoms. The molecule has 9 heteroatoms. The van der Waals surface area contributed by atoms with Gasteiger partial charge in [0.05, 0.1) is 4.92 Å². The zero-order chi connectivity index (χ0) is 21.3. The number of carbonyl (C=O) groups excluding carboxylic acids is 1. The third kappa shape index (κ3) is 3.74. The van der Waals surface area contributed by atoms with Crippen molar-refractivity contribution in [1.29, 1.82) is 0 Å². The van der Waals surface area contributed by atoms with Gasteiger partial charge in [-0.15, -0.1) is 0 Å². The number of nitro groups is 1. The van der Waals surface area contributed by atoms with Gasteiger partial charge in [-0.05, 0) is 48.4 Å². The fourth-order valence-electron chi connectivity index (χ4n) is 3.29. The molecule has 0 bridgehead atoms. The molecule has 0 saturated heterocycles. The highest BCUT2D eigenvalue weighted by atomic mass is 32.2. The topological polar surface area (TPSA) is 107 Å². The maximum absolute atomic E-state index is 12.8. The van der Waals surface area contributed by atoms with Gasteiger partial charge in [0.25, 0.3) is 11.6 Å². The van der Waals surface area contributed by atoms with Crippen LogP contribution in [0.4, 0.5) is 11.4 Å². The van der Waals surface area contributed by atoms with E-state index in [9.17, 15) is 23.3 Å². The summed E-state index contributed by atoms with van der Waals surface area (Å²) in [6, 6.07) is 18.0. The van der Waals surface area contributed by atoms with Crippen molar-refractivity contribution in [3.05, 3.63) is 94.0 Å². The Labute approximate surface area is 172 Å². The summed E-state index contributed by atoms with van der Waals surface area (Å²) in [5, 5.41) is 10.9. The second-order valence-electron chi connectivity index (χ2n) is 6.65. The van der Waals surface area contributed by atoms with Crippen molar-refractivity contribution in [2.24, 2.45) is 0 Å². The lowest BCUT2D eigenvalue weighted by Gasteiger charge is -2.17. The van der Waals surface area contributed by atoms with Gasteiger partial charge in [-0.25, -0.2) is 0 Å². The van der Waals surface area contributed by atoms with Gasteiger partial charge < -0.3 is 9.08 Å². The predicted octanol–water partition coefficient (Wildman–Crippen LogP) is 3.57. The van der Waals surface area contributed by atoms with E-state index < -0.39 is 15.0 Å². The zero-order valence-electron chi connectivity index (χ0n) is 15.6. The molecular weight excluding hydrogens is 408 g/mol. The highest BCUT2D eigenvalue weighted by molar-refractivity contribution is 7.87. The molecular formula is C21H16N2O6S. The molecule has 0 aromatic heterocycles. The molecule has 1 heterocycles. The molecule has 30 heavy (non-hydrogen) atoms. The minimum absolute atomic E-state index is 0.000113. The van der Waals surface area contributed by atoms with Crippen molar-refractivity contribution in [2.45, 2.75) is 11.3 Å². The van der Waals surface area contributed by atoms with Crippen LogP contribution in [0.2, 0.25) is 0 Å². The summed E-state index contributed by atoms with van der Waals surface area (Å²) >= 11 is 0. The first-order chi connectivity index (χ1) is 14.3. The summed E-state index contributed by atoms with van der Waals surface area (Å²) in [6.07, 6.45) is 0.782. The summed E-state index contributed by atoms with van der Waals surface area (Å²) in [4.78, 5) is 24.4. The minimum atomic E-state index is -4.26. The number of carbonyl (C=O) groups is 1. The Morgan fingerprint density at radius 3 is 2.47 bits per heavy atom. The van der Waals surface area contributed by atoms with Crippen LogP contribution in [0.1, 0.15) is 15.9 Å². The molecule has 0 fully saturated rings. The molecule has 0 saturated carbocycles. The van der Waals surface area contributed by atoms with Gasteiger partial charge in [0.2, 0.25) is 0 Å². The Bertz CT molecular complexity index is 1240. The van der Waals surface area contributed by atoms with E-state index in [0.29, 0.717) is 12.1 Å². The second-order valence-corrected chi connectivity index (χ2v) is 8.20. The van der Waals surface area contributed by atoms with Crippen LogP contribution < -0.4 is 9.08 Å². The number of nitrogens with zero attached hydrogens (tertiary/aromatic N) is 2. The monoisotopic (exact) mass is 424 g/mol. The van der Waals surface area contributed by atoms with E-state index in [1.807, 2.05) is 24.3 Å². The minimum Gasteiger partial charge on any atom is -0.379 e. The van der Waals surface area contributed by atoms with Crippen LogP contribution >= 0.6 is 0 Å². The first-order valence-corrected chi connectivity index (χ1v) is 10.4. The Hall–Kier alpha value is -3.72. The summed E-state index contributed by atoms with van der Waals surface area (Å²) in [5.74, 6) is -0.187. The first-order valence-electron chi connectivity index (χ1n) is 9.04. The zero-order valence-corrected chi connectivity index (χ0v) is 16.4. The SMILES string of the molecule is O=C(c1ccc(OS(=O)(=O)c2cccc([N+](=O)[O-])c2)cc1)N1CCc2ccccc21. The quantitative estimate of drug-likeness (QED) is 0.352. The molecule has 1 aliphatic heterocycles. The van der Waals surface area contributed by atoms with E-state index in [2.05, 4.69) is 0 Å². The molecule has 8 nitrogen and oxygen atoms in total. The number of nitro benzene ring substituents is 1. The molecule has 0 aliphatic carbocycles. The highest BCUT2D eigenvalue weighted by Crippen LogP contribution is 2.29. The third-order valence-electron chi connectivity index (χ3n) is 4.76. The maximum atomic E-state index is 12.8. The Morgan fingerprint density at radius 2 is 1.73 bits per heavy atom. The van der Waals surface area contributed by atoms with Crippen LogP contribution in [0.15, 0.2) is 77.7 Å². The van der Waals surface area contributed by atoms with Gasteiger partial charge in [0, 0.05) is 29.9 Å². The number of anilines is 1. The van der Waals surface area contributed by atoms with Gasteiger partial charge in [0.1, 0.15) is 10.6 Å². The number of non-ortho nitro benzene ring substituents is 1. The van der Waals surface area contributed by atoms with Gasteiger partial charge in [-0.2, -0.15) is 8.42 Å². The lowest BCUT2D eigenvalue weighted by atomic mass is 10.1. The molecule has 0 unspecified atom stereocenters. The summed E-state index contributed by atoms with van der Waals surface area (Å²) in [7, 11) is -4.26. The van der Waals surface area contributed by atoms with Crippen LogP contribution in [-0.2, 0) is 16.5 Å². The maximum Gasteiger partial charge on any atom is 0.339 e. The van der Waals surface area contributed by atoms with E-state index in [0.717, 1.165) is 23.7 Å². The number of fused-ring (bicyclic) bond motifs is 1. The number of hydrogen-bond donors (Lipinski definition) is 0. The van der Waals surface area contributed by atoms with Gasteiger partial charge in [-0.1, -0.05) is 24.3 Å². The smallest absolute Gasteiger partial charge is 0.339 e. The summed E-state index contributed by atoms with van der Waals surface area (Å²) in [6.45, 7) is 0.581. The molecule has 0 N–H and O–H groups in total. The third-order valence-corrected chi connectivity index (χ3v) is 6.00. The molecule has 0 atom stereocenters. The van der Waals surface area contributed by atoms with E-state index in [4.69, 9.17) is 4.18 Å². The predicted molar refractivity (Wildman–Crippen MR) is 109 cm³/mol. The standard InChI is InChI=1S/C21H16N2O6S/c24-21(22-13-12-15-4-1-2-7-20(15)22)16-8-10-18(11-9-16)29-30(27,28)19-6-3-5-17(14-19)23(25)26/h1-11,14H,12-13H2. The normalized spacial score (nSPS) is 13.0. The Morgan fingerprint density at radius 1 is 1.00 bits per heavy atom. The average Bonchev–Trinajstić information content (AvgIpc) is 3.18. The van der Waals surface area contributed by atoms with E-state index in [1.165, 1.54) is 42.5 Å². The number of amides is 1. The number of para-hydroxylation sites is 1.